The molecular formula is C51H43N5. The lowest BCUT2D eigenvalue weighted by molar-refractivity contribution is 0.0780. The summed E-state index contributed by atoms with van der Waals surface area (Å²) in [5.41, 5.74) is 10.5. The van der Waals surface area contributed by atoms with Gasteiger partial charge in [-0.25, -0.2) is 15.0 Å². The van der Waals surface area contributed by atoms with Crippen LogP contribution in [0.2, 0.25) is 0 Å². The zero-order valence-electron chi connectivity index (χ0n) is 31.9. The first-order valence-corrected chi connectivity index (χ1v) is 20.0. The van der Waals surface area contributed by atoms with Gasteiger partial charge in [0.05, 0.1) is 22.7 Å². The Morgan fingerprint density at radius 1 is 0.536 bits per heavy atom. The molecule has 0 amide bonds. The molecule has 8 aromatic rings. The fraction of sp³-hybridized carbons (Fsp3) is 0.216. The summed E-state index contributed by atoms with van der Waals surface area (Å²) >= 11 is 0. The van der Waals surface area contributed by atoms with Crippen molar-refractivity contribution >= 4 is 21.8 Å². The number of benzene rings is 6. The van der Waals surface area contributed by atoms with Crippen molar-refractivity contribution in [1.82, 2.24) is 19.5 Å². The molecule has 4 atom stereocenters. The van der Waals surface area contributed by atoms with Crippen LogP contribution < -0.4 is 0 Å². The summed E-state index contributed by atoms with van der Waals surface area (Å²) in [6, 6.07) is 53.2. The third-order valence-electron chi connectivity index (χ3n) is 12.4. The van der Waals surface area contributed by atoms with Crippen molar-refractivity contribution in [2.75, 3.05) is 0 Å². The summed E-state index contributed by atoms with van der Waals surface area (Å²) < 4.78 is 2.24. The summed E-state index contributed by atoms with van der Waals surface area (Å²) in [5, 5.41) is 12.0. The van der Waals surface area contributed by atoms with Crippen molar-refractivity contribution < 1.29 is 0 Å². The van der Waals surface area contributed by atoms with Crippen LogP contribution in [-0.2, 0) is 5.41 Å². The van der Waals surface area contributed by atoms with Gasteiger partial charge >= 0.3 is 0 Å². The van der Waals surface area contributed by atoms with Crippen LogP contribution in [0.15, 0.2) is 146 Å². The number of rotatable bonds is 6. The summed E-state index contributed by atoms with van der Waals surface area (Å²) in [5.74, 6) is 4.27. The molecule has 2 aliphatic carbocycles. The highest BCUT2D eigenvalue weighted by Crippen LogP contribution is 2.54. The first-order chi connectivity index (χ1) is 27.4. The molecule has 2 aliphatic rings. The van der Waals surface area contributed by atoms with Crippen molar-refractivity contribution in [2.24, 2.45) is 17.8 Å². The van der Waals surface area contributed by atoms with Crippen LogP contribution in [0.3, 0.4) is 0 Å². The Balaban J connectivity index is 1.11. The minimum atomic E-state index is 0.259. The molecule has 0 aliphatic heterocycles. The maximum Gasteiger partial charge on any atom is 0.164 e. The number of fused-ring (bicyclic) bond motifs is 5. The fourth-order valence-electron chi connectivity index (χ4n) is 10.3. The van der Waals surface area contributed by atoms with Crippen molar-refractivity contribution in [1.29, 1.82) is 5.26 Å². The first-order valence-electron chi connectivity index (χ1n) is 20.0. The molecule has 56 heavy (non-hydrogen) atoms. The average molecular weight is 726 g/mol. The van der Waals surface area contributed by atoms with E-state index in [4.69, 9.17) is 15.0 Å². The molecular weight excluding hydrogens is 683 g/mol. The quantitative estimate of drug-likeness (QED) is 0.171. The van der Waals surface area contributed by atoms with Gasteiger partial charge in [-0.3, -0.25) is 0 Å². The second kappa shape index (κ2) is 13.7. The molecule has 2 bridgehead atoms. The van der Waals surface area contributed by atoms with E-state index in [1.807, 2.05) is 36.4 Å². The summed E-state index contributed by atoms with van der Waals surface area (Å²) in [6.45, 7) is 4.90. The van der Waals surface area contributed by atoms with Crippen molar-refractivity contribution in [2.45, 2.75) is 51.4 Å². The van der Waals surface area contributed by atoms with Gasteiger partial charge in [0.25, 0.3) is 0 Å². The van der Waals surface area contributed by atoms with Gasteiger partial charge in [-0.05, 0) is 102 Å². The van der Waals surface area contributed by atoms with E-state index in [-0.39, 0.29) is 5.41 Å². The molecule has 6 aromatic carbocycles. The monoisotopic (exact) mass is 725 g/mol. The number of hydrogen-bond donors (Lipinski definition) is 0. The lowest BCUT2D eigenvalue weighted by atomic mass is 9.54. The van der Waals surface area contributed by atoms with E-state index in [9.17, 15) is 5.26 Å². The van der Waals surface area contributed by atoms with Crippen molar-refractivity contribution in [3.05, 3.63) is 157 Å². The lowest BCUT2D eigenvalue weighted by Gasteiger charge is -2.50. The molecule has 1 unspecified atom stereocenters. The molecule has 0 N–H and O–H groups in total. The van der Waals surface area contributed by atoms with Gasteiger partial charge in [0, 0.05) is 33.2 Å². The predicted molar refractivity (Wildman–Crippen MR) is 227 cm³/mol. The highest BCUT2D eigenvalue weighted by Gasteiger charge is 2.45. The van der Waals surface area contributed by atoms with Crippen LogP contribution in [0, 0.1) is 29.1 Å². The molecule has 0 radical (unpaired) electrons. The third kappa shape index (κ3) is 6.07. The highest BCUT2D eigenvalue weighted by atomic mass is 15.0. The van der Waals surface area contributed by atoms with E-state index < -0.39 is 0 Å². The van der Waals surface area contributed by atoms with Gasteiger partial charge in [-0.15, -0.1) is 0 Å². The van der Waals surface area contributed by atoms with E-state index in [2.05, 4.69) is 134 Å². The fourth-order valence-corrected chi connectivity index (χ4v) is 10.3. The molecule has 10 rings (SSSR count). The Morgan fingerprint density at radius 3 is 1.66 bits per heavy atom. The molecule has 2 heterocycles. The zero-order valence-corrected chi connectivity index (χ0v) is 31.9. The Labute approximate surface area is 328 Å². The highest BCUT2D eigenvalue weighted by molar-refractivity contribution is 6.10. The minimum absolute atomic E-state index is 0.259. The molecule has 272 valence electrons. The Kier molecular flexibility index (Phi) is 8.37. The molecule has 2 saturated carbocycles. The maximum absolute atomic E-state index is 9.80. The normalized spacial score (nSPS) is 20.6. The van der Waals surface area contributed by atoms with Gasteiger partial charge < -0.3 is 4.57 Å². The first kappa shape index (κ1) is 34.1. The topological polar surface area (TPSA) is 67.4 Å². The molecule has 5 nitrogen and oxygen atoms in total. The second-order valence-electron chi connectivity index (χ2n) is 16.5. The van der Waals surface area contributed by atoms with Crippen LogP contribution in [0.5, 0.6) is 0 Å². The third-order valence-corrected chi connectivity index (χ3v) is 12.4. The van der Waals surface area contributed by atoms with E-state index in [0.717, 1.165) is 67.5 Å². The summed E-state index contributed by atoms with van der Waals surface area (Å²) in [4.78, 5) is 15.5. The van der Waals surface area contributed by atoms with Crippen LogP contribution >= 0.6 is 0 Å². The molecule has 0 saturated heterocycles. The second-order valence-corrected chi connectivity index (χ2v) is 16.5. The Hall–Kier alpha value is -6.38. The predicted octanol–water partition coefficient (Wildman–Crippen LogP) is 12.6. The van der Waals surface area contributed by atoms with Gasteiger partial charge in [0.15, 0.2) is 17.5 Å². The van der Waals surface area contributed by atoms with E-state index in [0.29, 0.717) is 23.0 Å². The van der Waals surface area contributed by atoms with Crippen LogP contribution in [0.1, 0.15) is 57.1 Å². The van der Waals surface area contributed by atoms with Crippen molar-refractivity contribution in [3.63, 3.8) is 0 Å². The number of hydrogen-bond acceptors (Lipinski definition) is 4. The number of nitriles is 1. The van der Waals surface area contributed by atoms with Gasteiger partial charge in [0.1, 0.15) is 0 Å². The minimum Gasteiger partial charge on any atom is -0.309 e. The molecule has 2 fully saturated rings. The van der Waals surface area contributed by atoms with E-state index >= 15 is 0 Å². The summed E-state index contributed by atoms with van der Waals surface area (Å²) in [7, 11) is 0. The number of aromatic nitrogens is 4. The van der Waals surface area contributed by atoms with Crippen molar-refractivity contribution in [3.8, 4) is 57.0 Å². The Morgan fingerprint density at radius 2 is 1.04 bits per heavy atom. The number of para-hydroxylation sites is 1. The average Bonchev–Trinajstić information content (AvgIpc) is 3.56. The smallest absolute Gasteiger partial charge is 0.164 e. The molecule has 2 aromatic heterocycles. The summed E-state index contributed by atoms with van der Waals surface area (Å²) in [6.07, 6.45) is 6.58. The van der Waals surface area contributed by atoms with Crippen LogP contribution in [-0.4, -0.2) is 19.5 Å². The van der Waals surface area contributed by atoms with E-state index in [1.165, 1.54) is 43.2 Å². The van der Waals surface area contributed by atoms with Crippen LogP contribution in [0.25, 0.3) is 72.8 Å². The van der Waals surface area contributed by atoms with Gasteiger partial charge in [-0.1, -0.05) is 129 Å². The SMILES string of the molecule is C[C@@H]1C[C@@H]2C[C@H](C)CC(c3ccc(-c4nc(-c5ccc(-c6ccccc6)cc5)nc(-c5ccc6c7ccc(C#N)cc7n(-c7ccccc7)c6c5)n4)cc3)(C1)C2. The van der Waals surface area contributed by atoms with Crippen LogP contribution in [0.4, 0.5) is 0 Å². The largest absolute Gasteiger partial charge is 0.309 e. The number of nitrogens with zero attached hydrogens (tertiary/aromatic N) is 5. The van der Waals surface area contributed by atoms with Gasteiger partial charge in [-0.2, -0.15) is 5.26 Å². The standard InChI is InChI=1S/C51H43N5/c1-33-25-36-26-34(2)30-51(29-33,31-36)42-21-18-40(19-22-42)49-53-48(39-16-14-38(15-17-39)37-9-5-3-6-10-37)54-50(55-49)41-20-24-45-44-23-13-35(32-52)27-46(44)56(47(45)28-41)43-11-7-4-8-12-43/h3-24,27-28,33-34,36H,25-26,29-31H2,1-2H3/t33-,34+,36-,51?. The van der Waals surface area contributed by atoms with Gasteiger partial charge in [0.2, 0.25) is 0 Å². The Bertz CT molecular complexity index is 2740. The molecule has 5 heteroatoms. The lowest BCUT2D eigenvalue weighted by Crippen LogP contribution is -2.42. The zero-order chi connectivity index (χ0) is 37.8. The van der Waals surface area contributed by atoms with E-state index in [1.54, 1.807) is 0 Å². The molecule has 0 spiro atoms. The maximum atomic E-state index is 9.80.